The van der Waals surface area contributed by atoms with Crippen molar-refractivity contribution in [1.82, 2.24) is 0 Å². The number of methoxy groups -OCH3 is 1. The molecule has 1 nitrogen and oxygen atoms in total. The van der Waals surface area contributed by atoms with Gasteiger partial charge in [-0.25, -0.2) is 4.39 Å². The Morgan fingerprint density at radius 1 is 1.58 bits per heavy atom. The van der Waals surface area contributed by atoms with Crippen LogP contribution in [0.5, 0.6) is 5.75 Å². The first kappa shape index (κ1) is 8.61. The molecule has 62 valence electrons. The van der Waals surface area contributed by atoms with Gasteiger partial charge in [0.15, 0.2) is 11.6 Å². The molecule has 0 aliphatic heterocycles. The molecule has 0 saturated heterocycles. The Labute approximate surface area is 71.2 Å². The molecular weight excluding hydrogens is 155 g/mol. The molecule has 1 aromatic carbocycles. The van der Waals surface area contributed by atoms with Crippen LogP contribution in [0.2, 0.25) is 0 Å². The Balaban J connectivity index is 2.98. The summed E-state index contributed by atoms with van der Waals surface area (Å²) in [5, 5.41) is 0. The zero-order valence-corrected chi connectivity index (χ0v) is 6.80. The van der Waals surface area contributed by atoms with Crippen molar-refractivity contribution < 1.29 is 9.13 Å². The van der Waals surface area contributed by atoms with Crippen molar-refractivity contribution in [1.29, 1.82) is 0 Å². The van der Waals surface area contributed by atoms with Crippen LogP contribution in [0.4, 0.5) is 4.39 Å². The standard InChI is InChI=1S/C10H9FO/c1-3-4-8-5-6-9(11)10(7-8)12-2/h1,5-7H,4H2,2H3. The van der Waals surface area contributed by atoms with E-state index in [9.17, 15) is 4.39 Å². The van der Waals surface area contributed by atoms with Gasteiger partial charge in [0.25, 0.3) is 0 Å². The van der Waals surface area contributed by atoms with Crippen LogP contribution in [0.15, 0.2) is 18.2 Å². The molecule has 0 amide bonds. The summed E-state index contributed by atoms with van der Waals surface area (Å²) in [5.41, 5.74) is 0.885. The summed E-state index contributed by atoms with van der Waals surface area (Å²) < 4.78 is 17.6. The lowest BCUT2D eigenvalue weighted by Gasteiger charge is -2.02. The summed E-state index contributed by atoms with van der Waals surface area (Å²) in [5.74, 6) is 2.35. The minimum Gasteiger partial charge on any atom is -0.494 e. The van der Waals surface area contributed by atoms with Gasteiger partial charge in [0.1, 0.15) is 0 Å². The van der Waals surface area contributed by atoms with E-state index in [2.05, 4.69) is 5.92 Å². The molecule has 0 atom stereocenters. The fraction of sp³-hybridized carbons (Fsp3) is 0.200. The molecule has 0 radical (unpaired) electrons. The quantitative estimate of drug-likeness (QED) is 0.607. The van der Waals surface area contributed by atoms with E-state index in [0.29, 0.717) is 6.42 Å². The molecular formula is C10H9FO. The SMILES string of the molecule is C#CCc1ccc(F)c(OC)c1. The van der Waals surface area contributed by atoms with Crippen LogP contribution in [-0.2, 0) is 6.42 Å². The van der Waals surface area contributed by atoms with Gasteiger partial charge in [0, 0.05) is 6.42 Å². The summed E-state index contributed by atoms with van der Waals surface area (Å²) in [6.45, 7) is 0. The van der Waals surface area contributed by atoms with Gasteiger partial charge in [-0.05, 0) is 17.7 Å². The van der Waals surface area contributed by atoms with E-state index in [1.165, 1.54) is 13.2 Å². The first-order chi connectivity index (χ1) is 5.77. The highest BCUT2D eigenvalue weighted by Crippen LogP contribution is 2.18. The van der Waals surface area contributed by atoms with E-state index < -0.39 is 0 Å². The maximum Gasteiger partial charge on any atom is 0.165 e. The van der Waals surface area contributed by atoms with Crippen molar-refractivity contribution in [2.24, 2.45) is 0 Å². The van der Waals surface area contributed by atoms with Crippen LogP contribution in [0.25, 0.3) is 0 Å². The Hall–Kier alpha value is -1.49. The van der Waals surface area contributed by atoms with Gasteiger partial charge in [0.05, 0.1) is 7.11 Å². The van der Waals surface area contributed by atoms with Gasteiger partial charge in [-0.2, -0.15) is 0 Å². The maximum absolute atomic E-state index is 12.8. The van der Waals surface area contributed by atoms with Crippen molar-refractivity contribution >= 4 is 0 Å². The van der Waals surface area contributed by atoms with Gasteiger partial charge in [-0.3, -0.25) is 0 Å². The van der Waals surface area contributed by atoms with E-state index in [1.54, 1.807) is 12.1 Å². The predicted octanol–water partition coefficient (Wildman–Crippen LogP) is 2.01. The molecule has 0 bridgehead atoms. The molecule has 0 saturated carbocycles. The van der Waals surface area contributed by atoms with Gasteiger partial charge in [-0.1, -0.05) is 6.07 Å². The van der Waals surface area contributed by atoms with Crippen LogP contribution >= 0.6 is 0 Å². The number of ether oxygens (including phenoxy) is 1. The Morgan fingerprint density at radius 3 is 2.92 bits per heavy atom. The largest absolute Gasteiger partial charge is 0.494 e. The Bertz CT molecular complexity index is 312. The van der Waals surface area contributed by atoms with Crippen molar-refractivity contribution in [2.75, 3.05) is 7.11 Å². The predicted molar refractivity (Wildman–Crippen MR) is 45.5 cm³/mol. The van der Waals surface area contributed by atoms with E-state index in [-0.39, 0.29) is 11.6 Å². The fourth-order valence-electron chi connectivity index (χ4n) is 0.932. The topological polar surface area (TPSA) is 9.23 Å². The third-order valence-electron chi connectivity index (χ3n) is 1.52. The zero-order valence-electron chi connectivity index (χ0n) is 6.80. The fourth-order valence-corrected chi connectivity index (χ4v) is 0.932. The molecule has 0 aliphatic carbocycles. The van der Waals surface area contributed by atoms with E-state index >= 15 is 0 Å². The van der Waals surface area contributed by atoms with Gasteiger partial charge in [-0.15, -0.1) is 12.3 Å². The third-order valence-corrected chi connectivity index (χ3v) is 1.52. The molecule has 0 heterocycles. The smallest absolute Gasteiger partial charge is 0.165 e. The van der Waals surface area contributed by atoms with Crippen LogP contribution in [0.3, 0.4) is 0 Å². The second kappa shape index (κ2) is 3.77. The molecule has 1 rings (SSSR count). The van der Waals surface area contributed by atoms with Crippen LogP contribution in [0.1, 0.15) is 5.56 Å². The summed E-state index contributed by atoms with van der Waals surface area (Å²) >= 11 is 0. The summed E-state index contributed by atoms with van der Waals surface area (Å²) in [6, 6.07) is 4.61. The van der Waals surface area contributed by atoms with Crippen LogP contribution in [-0.4, -0.2) is 7.11 Å². The first-order valence-corrected chi connectivity index (χ1v) is 3.54. The summed E-state index contributed by atoms with van der Waals surface area (Å²) in [4.78, 5) is 0. The van der Waals surface area contributed by atoms with Gasteiger partial charge >= 0.3 is 0 Å². The monoisotopic (exact) mass is 164 g/mol. The summed E-state index contributed by atoms with van der Waals surface area (Å²) in [6.07, 6.45) is 5.60. The Kier molecular flexibility index (Phi) is 2.71. The number of halogens is 1. The molecule has 1 aromatic rings. The summed E-state index contributed by atoms with van der Waals surface area (Å²) in [7, 11) is 1.43. The molecule has 0 fully saturated rings. The van der Waals surface area contributed by atoms with Crippen molar-refractivity contribution in [3.63, 3.8) is 0 Å². The maximum atomic E-state index is 12.8. The number of hydrogen-bond donors (Lipinski definition) is 0. The second-order valence-corrected chi connectivity index (χ2v) is 2.35. The zero-order chi connectivity index (χ0) is 8.97. The highest BCUT2D eigenvalue weighted by Gasteiger charge is 2.01. The lowest BCUT2D eigenvalue weighted by atomic mass is 10.1. The number of hydrogen-bond acceptors (Lipinski definition) is 1. The lowest BCUT2D eigenvalue weighted by molar-refractivity contribution is 0.386. The van der Waals surface area contributed by atoms with Crippen molar-refractivity contribution in [3.05, 3.63) is 29.6 Å². The molecule has 0 spiro atoms. The molecule has 0 aliphatic rings. The minimum absolute atomic E-state index is 0.239. The second-order valence-electron chi connectivity index (χ2n) is 2.35. The average Bonchev–Trinajstić information content (AvgIpc) is 2.09. The van der Waals surface area contributed by atoms with Gasteiger partial charge in [0.2, 0.25) is 0 Å². The van der Waals surface area contributed by atoms with E-state index in [0.717, 1.165) is 5.56 Å². The molecule has 2 heteroatoms. The highest BCUT2D eigenvalue weighted by molar-refractivity contribution is 5.31. The lowest BCUT2D eigenvalue weighted by Crippen LogP contribution is -1.90. The third kappa shape index (κ3) is 1.76. The number of benzene rings is 1. The van der Waals surface area contributed by atoms with Crippen LogP contribution in [0, 0.1) is 18.2 Å². The van der Waals surface area contributed by atoms with Gasteiger partial charge < -0.3 is 4.74 Å². The molecule has 0 unspecified atom stereocenters. The van der Waals surface area contributed by atoms with E-state index in [1.807, 2.05) is 0 Å². The van der Waals surface area contributed by atoms with E-state index in [4.69, 9.17) is 11.2 Å². The highest BCUT2D eigenvalue weighted by atomic mass is 19.1. The first-order valence-electron chi connectivity index (χ1n) is 3.54. The molecule has 12 heavy (non-hydrogen) atoms. The normalized spacial score (nSPS) is 9.08. The number of terminal acetylenes is 1. The van der Waals surface area contributed by atoms with Crippen molar-refractivity contribution in [3.8, 4) is 18.1 Å². The Morgan fingerprint density at radius 2 is 2.33 bits per heavy atom. The minimum atomic E-state index is -0.363. The van der Waals surface area contributed by atoms with Crippen LogP contribution < -0.4 is 4.74 Å². The average molecular weight is 164 g/mol. The molecule has 0 aromatic heterocycles. The van der Waals surface area contributed by atoms with Crippen molar-refractivity contribution in [2.45, 2.75) is 6.42 Å². The molecule has 0 N–H and O–H groups in total. The number of rotatable bonds is 2.